The van der Waals surface area contributed by atoms with Gasteiger partial charge in [0.15, 0.2) is 6.10 Å². The molecule has 3 heteroatoms. The Balaban J connectivity index is 1.80. The number of rotatable bonds is 5. The number of carbonyl (C=O) groups excluding carboxylic acids is 1. The summed E-state index contributed by atoms with van der Waals surface area (Å²) in [4.78, 5) is 11.5. The topological polar surface area (TPSA) is 38.8 Å². The number of carbonyl (C=O) groups is 1. The Hall–Kier alpha value is -1.35. The summed E-state index contributed by atoms with van der Waals surface area (Å²) in [5.41, 5.74) is 1.04. The molecule has 1 fully saturated rings. The van der Waals surface area contributed by atoms with Crippen LogP contribution in [0.25, 0.3) is 0 Å². The van der Waals surface area contributed by atoms with Crippen LogP contribution in [0.2, 0.25) is 0 Å². The standard InChI is InChI=1S/C13H16O3/c1-2-3-9-15-13(14)12-11(16-12)10-7-5-4-6-8-10/h4-8,11-12H,2-3,9H2,1H3/t11-,12+/m1/s1. The van der Waals surface area contributed by atoms with Gasteiger partial charge in [-0.2, -0.15) is 0 Å². The first-order chi connectivity index (χ1) is 7.83. The zero-order valence-corrected chi connectivity index (χ0v) is 9.39. The molecule has 16 heavy (non-hydrogen) atoms. The highest BCUT2D eigenvalue weighted by molar-refractivity contribution is 5.78. The quantitative estimate of drug-likeness (QED) is 0.434. The molecule has 0 N–H and O–H groups in total. The molecule has 0 aliphatic carbocycles. The summed E-state index contributed by atoms with van der Waals surface area (Å²) in [5, 5.41) is 0. The van der Waals surface area contributed by atoms with Crippen LogP contribution in [0.5, 0.6) is 0 Å². The van der Waals surface area contributed by atoms with Crippen LogP contribution in [0.4, 0.5) is 0 Å². The average molecular weight is 220 g/mol. The van der Waals surface area contributed by atoms with Crippen molar-refractivity contribution in [3.63, 3.8) is 0 Å². The first-order valence-electron chi connectivity index (χ1n) is 5.70. The second kappa shape index (κ2) is 5.12. The van der Waals surface area contributed by atoms with Crippen LogP contribution in [0.1, 0.15) is 31.4 Å². The molecule has 1 saturated heterocycles. The first kappa shape index (κ1) is 11.1. The van der Waals surface area contributed by atoms with E-state index < -0.39 is 0 Å². The van der Waals surface area contributed by atoms with Crippen molar-refractivity contribution < 1.29 is 14.3 Å². The highest BCUT2D eigenvalue weighted by Gasteiger charge is 2.47. The van der Waals surface area contributed by atoms with E-state index in [1.165, 1.54) is 0 Å². The van der Waals surface area contributed by atoms with Gasteiger partial charge in [-0.15, -0.1) is 0 Å². The summed E-state index contributed by atoms with van der Waals surface area (Å²) in [7, 11) is 0. The minimum atomic E-state index is -0.390. The summed E-state index contributed by atoms with van der Waals surface area (Å²) in [6, 6.07) is 9.75. The van der Waals surface area contributed by atoms with Crippen LogP contribution in [-0.4, -0.2) is 18.7 Å². The smallest absolute Gasteiger partial charge is 0.338 e. The zero-order valence-electron chi connectivity index (χ0n) is 9.39. The monoisotopic (exact) mass is 220 g/mol. The predicted molar refractivity (Wildman–Crippen MR) is 59.9 cm³/mol. The Morgan fingerprint density at radius 1 is 1.38 bits per heavy atom. The number of hydrogen-bond donors (Lipinski definition) is 0. The van der Waals surface area contributed by atoms with E-state index in [0.29, 0.717) is 6.61 Å². The molecule has 0 saturated carbocycles. The number of ether oxygens (including phenoxy) is 2. The molecule has 86 valence electrons. The third-order valence-electron chi connectivity index (χ3n) is 2.59. The largest absolute Gasteiger partial charge is 0.464 e. The lowest BCUT2D eigenvalue weighted by Crippen LogP contribution is -2.13. The van der Waals surface area contributed by atoms with E-state index in [1.54, 1.807) is 0 Å². The molecular formula is C13H16O3. The molecule has 2 atom stereocenters. The van der Waals surface area contributed by atoms with E-state index in [2.05, 4.69) is 6.92 Å². The van der Waals surface area contributed by atoms with Crippen molar-refractivity contribution in [2.75, 3.05) is 6.61 Å². The maximum atomic E-state index is 11.5. The Kier molecular flexibility index (Phi) is 3.57. The van der Waals surface area contributed by atoms with E-state index in [0.717, 1.165) is 18.4 Å². The number of esters is 1. The van der Waals surface area contributed by atoms with Crippen LogP contribution in [0.15, 0.2) is 30.3 Å². The number of epoxide rings is 1. The van der Waals surface area contributed by atoms with E-state index in [1.807, 2.05) is 30.3 Å². The van der Waals surface area contributed by atoms with Crippen LogP contribution in [-0.2, 0) is 14.3 Å². The Morgan fingerprint density at radius 2 is 2.12 bits per heavy atom. The summed E-state index contributed by atoms with van der Waals surface area (Å²) in [6.45, 7) is 2.56. The van der Waals surface area contributed by atoms with Crippen LogP contribution < -0.4 is 0 Å². The zero-order chi connectivity index (χ0) is 11.4. The van der Waals surface area contributed by atoms with Crippen molar-refractivity contribution in [3.05, 3.63) is 35.9 Å². The molecule has 1 heterocycles. The molecule has 3 nitrogen and oxygen atoms in total. The van der Waals surface area contributed by atoms with Gasteiger partial charge in [0.05, 0.1) is 6.61 Å². The number of unbranched alkanes of at least 4 members (excludes halogenated alkanes) is 1. The van der Waals surface area contributed by atoms with E-state index in [9.17, 15) is 4.79 Å². The third kappa shape index (κ3) is 2.61. The van der Waals surface area contributed by atoms with Crippen molar-refractivity contribution in [1.82, 2.24) is 0 Å². The molecule has 0 amide bonds. The van der Waals surface area contributed by atoms with Gasteiger partial charge >= 0.3 is 5.97 Å². The second-order valence-corrected chi connectivity index (χ2v) is 3.91. The molecule has 0 spiro atoms. The number of benzene rings is 1. The van der Waals surface area contributed by atoms with Gasteiger partial charge in [-0.3, -0.25) is 0 Å². The van der Waals surface area contributed by atoms with E-state index in [-0.39, 0.29) is 18.2 Å². The van der Waals surface area contributed by atoms with E-state index in [4.69, 9.17) is 9.47 Å². The van der Waals surface area contributed by atoms with E-state index >= 15 is 0 Å². The fourth-order valence-corrected chi connectivity index (χ4v) is 1.59. The predicted octanol–water partition coefficient (Wildman–Crippen LogP) is 2.47. The Labute approximate surface area is 95.4 Å². The lowest BCUT2D eigenvalue weighted by atomic mass is 10.1. The summed E-state index contributed by atoms with van der Waals surface area (Å²) >= 11 is 0. The van der Waals surface area contributed by atoms with Crippen LogP contribution >= 0.6 is 0 Å². The van der Waals surface area contributed by atoms with Gasteiger partial charge in [0.25, 0.3) is 0 Å². The SMILES string of the molecule is CCCCOC(=O)[C@H]1O[C@@H]1c1ccccc1. The normalized spacial score (nSPS) is 22.8. The fourth-order valence-electron chi connectivity index (χ4n) is 1.59. The maximum absolute atomic E-state index is 11.5. The lowest BCUT2D eigenvalue weighted by Gasteiger charge is -2.00. The van der Waals surface area contributed by atoms with Crippen molar-refractivity contribution in [2.24, 2.45) is 0 Å². The van der Waals surface area contributed by atoms with Gasteiger partial charge in [-0.1, -0.05) is 43.7 Å². The third-order valence-corrected chi connectivity index (χ3v) is 2.59. The lowest BCUT2D eigenvalue weighted by molar-refractivity contribution is -0.145. The van der Waals surface area contributed by atoms with Crippen molar-refractivity contribution >= 4 is 5.97 Å². The van der Waals surface area contributed by atoms with Gasteiger partial charge in [-0.05, 0) is 12.0 Å². The minimum absolute atomic E-state index is 0.102. The van der Waals surface area contributed by atoms with Crippen LogP contribution in [0, 0.1) is 0 Å². The highest BCUT2D eigenvalue weighted by Crippen LogP contribution is 2.39. The van der Waals surface area contributed by atoms with Gasteiger partial charge < -0.3 is 9.47 Å². The summed E-state index contributed by atoms with van der Waals surface area (Å²) in [5.74, 6) is -0.234. The van der Waals surface area contributed by atoms with Gasteiger partial charge in [0.2, 0.25) is 0 Å². The van der Waals surface area contributed by atoms with Gasteiger partial charge in [0, 0.05) is 0 Å². The van der Waals surface area contributed by atoms with Crippen molar-refractivity contribution in [3.8, 4) is 0 Å². The van der Waals surface area contributed by atoms with Crippen molar-refractivity contribution in [2.45, 2.75) is 32.0 Å². The molecule has 0 aromatic heterocycles. The average Bonchev–Trinajstić information content (AvgIpc) is 3.10. The molecule has 1 aromatic rings. The van der Waals surface area contributed by atoms with Crippen LogP contribution in [0.3, 0.4) is 0 Å². The molecule has 1 aliphatic rings. The molecule has 0 bridgehead atoms. The Morgan fingerprint density at radius 3 is 2.81 bits per heavy atom. The summed E-state index contributed by atoms with van der Waals surface area (Å²) in [6.07, 6.45) is 1.45. The molecule has 0 radical (unpaired) electrons. The molecular weight excluding hydrogens is 204 g/mol. The number of hydrogen-bond acceptors (Lipinski definition) is 3. The van der Waals surface area contributed by atoms with Crippen molar-refractivity contribution in [1.29, 1.82) is 0 Å². The Bertz CT molecular complexity index is 347. The highest BCUT2D eigenvalue weighted by atomic mass is 16.6. The first-order valence-corrected chi connectivity index (χ1v) is 5.70. The minimum Gasteiger partial charge on any atom is -0.464 e. The fraction of sp³-hybridized carbons (Fsp3) is 0.462. The maximum Gasteiger partial charge on any atom is 0.338 e. The summed E-state index contributed by atoms with van der Waals surface area (Å²) < 4.78 is 10.4. The molecule has 1 aromatic carbocycles. The second-order valence-electron chi connectivity index (χ2n) is 3.91. The molecule has 0 unspecified atom stereocenters. The molecule has 1 aliphatic heterocycles. The van der Waals surface area contributed by atoms with Gasteiger partial charge in [0.1, 0.15) is 6.10 Å². The van der Waals surface area contributed by atoms with Gasteiger partial charge in [-0.25, -0.2) is 4.79 Å². The molecule has 2 rings (SSSR count).